The number of carbonyl (C=O) groups excluding carboxylic acids is 4. The molecule has 0 aromatic heterocycles. The molecule has 3 unspecified atom stereocenters. The van der Waals surface area contributed by atoms with Crippen LogP contribution in [0.15, 0.2) is 72.8 Å². The van der Waals surface area contributed by atoms with Crippen LogP contribution in [0.25, 0.3) is 0 Å². The number of primary amides is 1. The van der Waals surface area contributed by atoms with Crippen LogP contribution in [0.2, 0.25) is 0 Å². The lowest BCUT2D eigenvalue weighted by atomic mass is 9.70. The second kappa shape index (κ2) is 23.5. The number of hydrogen-bond acceptors (Lipinski definition) is 7. The molecule has 3 atom stereocenters. The van der Waals surface area contributed by atoms with E-state index < -0.39 is 70.6 Å². The van der Waals surface area contributed by atoms with Crippen molar-refractivity contribution in [2.24, 2.45) is 45.5 Å². The summed E-state index contributed by atoms with van der Waals surface area (Å²) in [5.74, 6) is 1.05. The molecule has 2 heterocycles. The minimum absolute atomic E-state index is 0.0531. The van der Waals surface area contributed by atoms with E-state index in [2.05, 4.69) is 83.6 Å². The smallest absolute Gasteiger partial charge is 0.368 e. The normalized spacial score (nSPS) is 26.0. The van der Waals surface area contributed by atoms with Gasteiger partial charge in [-0.1, -0.05) is 98.7 Å². The maximum Gasteiger partial charge on any atom is 0.416 e. The van der Waals surface area contributed by atoms with Crippen molar-refractivity contribution >= 4 is 23.5 Å². The third-order valence-electron chi connectivity index (χ3n) is 16.0. The van der Waals surface area contributed by atoms with Crippen LogP contribution in [-0.4, -0.2) is 34.8 Å². The van der Waals surface area contributed by atoms with Crippen molar-refractivity contribution in [3.8, 4) is 0 Å². The maximum absolute atomic E-state index is 12.9. The monoisotopic (exact) mass is 1080 g/mol. The minimum Gasteiger partial charge on any atom is -0.368 e. The first kappa shape index (κ1) is 61.8. The molecule has 422 valence electrons. The van der Waals surface area contributed by atoms with Crippen LogP contribution in [0.3, 0.4) is 0 Å². The lowest BCUT2D eigenvalue weighted by molar-refractivity contribution is -0.138. The van der Waals surface area contributed by atoms with E-state index in [1.54, 1.807) is 12.1 Å². The molecule has 76 heavy (non-hydrogen) atoms. The number of nitrogens with one attached hydrogen (secondary N) is 4. The Morgan fingerprint density at radius 1 is 0.513 bits per heavy atom. The standard InChI is InChI=1S/2C19H25F3N2O.C10H18O.C9H9F3N2O/c2*1-17(2,3)13-7-9-18(10-8-13)23-15(16(25)24-18)12-5-4-6-14(11-12)19(20,21)22;1-10(2,3)8-4-6-9(11)7-5-8;10-9(11,12)6-3-1-2-5(4-6)7(13)8(14)15/h2*4-6,11,13,15,23H,7-10H2,1-3H3,(H,24,25);8H,4-7H2,1-3H3;1-4,7H,13H2,(H2,14,15). The van der Waals surface area contributed by atoms with E-state index in [-0.39, 0.29) is 28.2 Å². The van der Waals surface area contributed by atoms with Crippen LogP contribution < -0.4 is 32.7 Å². The van der Waals surface area contributed by atoms with E-state index in [4.69, 9.17) is 11.5 Å². The first-order valence-electron chi connectivity index (χ1n) is 26.1. The molecule has 5 fully saturated rings. The van der Waals surface area contributed by atoms with Gasteiger partial charge in [0.15, 0.2) is 0 Å². The van der Waals surface area contributed by atoms with Crippen LogP contribution in [0.5, 0.6) is 0 Å². The number of nitrogens with two attached hydrogens (primary N) is 2. The number of carbonyl (C=O) groups is 4. The van der Waals surface area contributed by atoms with Crippen LogP contribution in [-0.2, 0) is 37.7 Å². The second-order valence-corrected chi connectivity index (χ2v) is 24.5. The van der Waals surface area contributed by atoms with Crippen molar-refractivity contribution in [2.45, 2.75) is 187 Å². The van der Waals surface area contributed by atoms with Gasteiger partial charge in [0.2, 0.25) is 17.7 Å². The van der Waals surface area contributed by atoms with Crippen LogP contribution >= 0.6 is 0 Å². The largest absolute Gasteiger partial charge is 0.416 e. The number of amides is 3. The molecular weight excluding hydrogens is 1000 g/mol. The fourth-order valence-electron chi connectivity index (χ4n) is 11.0. The van der Waals surface area contributed by atoms with E-state index in [0.29, 0.717) is 34.2 Å². The lowest BCUT2D eigenvalue weighted by Crippen LogP contribution is -2.53. The van der Waals surface area contributed by atoms with Gasteiger partial charge >= 0.3 is 18.5 Å². The van der Waals surface area contributed by atoms with Crippen molar-refractivity contribution in [3.05, 3.63) is 106 Å². The highest BCUT2D eigenvalue weighted by Gasteiger charge is 2.49. The van der Waals surface area contributed by atoms with E-state index in [0.717, 1.165) is 119 Å². The molecule has 3 aliphatic carbocycles. The molecule has 0 radical (unpaired) electrons. The number of alkyl halides is 9. The minimum atomic E-state index is -4.45. The predicted octanol–water partition coefficient (Wildman–Crippen LogP) is 12.8. The van der Waals surface area contributed by atoms with Crippen LogP contribution in [0.1, 0.15) is 191 Å². The summed E-state index contributed by atoms with van der Waals surface area (Å²) in [6.45, 7) is 20.2. The molecule has 2 saturated heterocycles. The van der Waals surface area contributed by atoms with Crippen molar-refractivity contribution in [1.82, 2.24) is 21.3 Å². The molecular formula is C57H77F9N6O4. The quantitative estimate of drug-likeness (QED) is 0.141. The Bertz CT molecular complexity index is 2360. The summed E-state index contributed by atoms with van der Waals surface area (Å²) in [6, 6.07) is 11.6. The average Bonchev–Trinajstić information content (AvgIpc) is 3.82. The number of benzene rings is 3. The van der Waals surface area contributed by atoms with Gasteiger partial charge in [0.25, 0.3) is 0 Å². The van der Waals surface area contributed by atoms with E-state index >= 15 is 0 Å². The first-order valence-corrected chi connectivity index (χ1v) is 26.1. The number of Topliss-reactive ketones (excluding diaryl/α,β-unsaturated/α-hetero) is 1. The number of ketones is 1. The Labute approximate surface area is 441 Å². The van der Waals surface area contributed by atoms with Crippen molar-refractivity contribution in [1.29, 1.82) is 0 Å². The molecule has 19 heteroatoms. The summed E-state index contributed by atoms with van der Waals surface area (Å²) in [6.07, 6.45) is -2.22. The summed E-state index contributed by atoms with van der Waals surface area (Å²) in [5.41, 5.74) is 8.55. The first-order chi connectivity index (χ1) is 34.8. The van der Waals surface area contributed by atoms with E-state index in [1.807, 2.05) is 0 Å². The number of halogens is 9. The maximum atomic E-state index is 12.9. The fourth-order valence-corrected chi connectivity index (χ4v) is 11.0. The Balaban J connectivity index is 0.000000197. The molecule has 10 nitrogen and oxygen atoms in total. The van der Waals surface area contributed by atoms with Gasteiger partial charge in [-0.2, -0.15) is 39.5 Å². The molecule has 0 bridgehead atoms. The van der Waals surface area contributed by atoms with Crippen molar-refractivity contribution < 1.29 is 58.7 Å². The topological polar surface area (TPSA) is 168 Å². The highest BCUT2D eigenvalue weighted by molar-refractivity contribution is 5.87. The highest BCUT2D eigenvalue weighted by atomic mass is 19.4. The highest BCUT2D eigenvalue weighted by Crippen LogP contribution is 2.45. The van der Waals surface area contributed by atoms with Gasteiger partial charge in [-0.25, -0.2) is 0 Å². The van der Waals surface area contributed by atoms with Crippen molar-refractivity contribution in [3.63, 3.8) is 0 Å². The number of rotatable bonds is 4. The van der Waals surface area contributed by atoms with Crippen LogP contribution in [0, 0.1) is 34.0 Å². The molecule has 3 aromatic carbocycles. The molecule has 3 saturated carbocycles. The summed E-state index contributed by atoms with van der Waals surface area (Å²) in [7, 11) is 0. The fraction of sp³-hybridized carbons (Fsp3) is 0.614. The zero-order valence-electron chi connectivity index (χ0n) is 45.1. The molecule has 8 rings (SSSR count). The molecule has 2 aliphatic heterocycles. The SMILES string of the molecule is CC(C)(C)C1CCC(=O)CC1.CC(C)(C)C1CCC2(CC1)NC(=O)C(c1cccc(C(F)(F)F)c1)N2.CC(C)(C)C1CCC2(CC1)NC(=O)C(c1cccc(C(F)(F)F)c1)N2.NC(=O)C(N)c1cccc(C(F)(F)F)c1. The van der Waals surface area contributed by atoms with Gasteiger partial charge in [0.05, 0.1) is 28.0 Å². The third kappa shape index (κ3) is 16.5. The Morgan fingerprint density at radius 2 is 0.829 bits per heavy atom. The predicted molar refractivity (Wildman–Crippen MR) is 273 cm³/mol. The third-order valence-corrected chi connectivity index (χ3v) is 16.0. The molecule has 3 amide bonds. The zero-order valence-corrected chi connectivity index (χ0v) is 45.1. The summed E-state index contributed by atoms with van der Waals surface area (Å²) in [5, 5.41) is 12.6. The van der Waals surface area contributed by atoms with Gasteiger partial charge in [0, 0.05) is 12.8 Å². The number of hydrogen-bond donors (Lipinski definition) is 6. The Morgan fingerprint density at radius 3 is 1.14 bits per heavy atom. The second-order valence-electron chi connectivity index (χ2n) is 24.5. The Kier molecular flexibility index (Phi) is 19.1. The average molecular weight is 1080 g/mol. The molecule has 3 aromatic rings. The van der Waals surface area contributed by atoms with Crippen molar-refractivity contribution in [2.75, 3.05) is 0 Å². The molecule has 5 aliphatic rings. The van der Waals surface area contributed by atoms with Gasteiger partial charge in [0.1, 0.15) is 23.9 Å². The molecule has 2 spiro atoms. The summed E-state index contributed by atoms with van der Waals surface area (Å²) < 4.78 is 114. The zero-order chi connectivity index (χ0) is 57.0. The summed E-state index contributed by atoms with van der Waals surface area (Å²) in [4.78, 5) is 46.5. The van der Waals surface area contributed by atoms with Gasteiger partial charge in [-0.3, -0.25) is 29.8 Å². The van der Waals surface area contributed by atoms with Crippen LogP contribution in [0.4, 0.5) is 39.5 Å². The lowest BCUT2D eigenvalue weighted by Gasteiger charge is -2.42. The molecule has 8 N–H and O–H groups in total. The van der Waals surface area contributed by atoms with Gasteiger partial charge < -0.3 is 22.1 Å². The van der Waals surface area contributed by atoms with Gasteiger partial charge in [-0.15, -0.1) is 0 Å². The van der Waals surface area contributed by atoms with E-state index in [1.165, 1.54) is 24.3 Å². The van der Waals surface area contributed by atoms with E-state index in [9.17, 15) is 58.7 Å². The summed E-state index contributed by atoms with van der Waals surface area (Å²) >= 11 is 0. The Hall–Kier alpha value is -5.01. The van der Waals surface area contributed by atoms with Gasteiger partial charge in [-0.05, 0) is 151 Å².